The van der Waals surface area contributed by atoms with Crippen molar-refractivity contribution in [2.24, 2.45) is 4.99 Å². The number of benzene rings is 3. The van der Waals surface area contributed by atoms with Gasteiger partial charge in [-0.25, -0.2) is 0 Å². The molecule has 1 aliphatic rings. The first kappa shape index (κ1) is 20.0. The molecule has 0 unspecified atom stereocenters. The van der Waals surface area contributed by atoms with E-state index in [0.717, 1.165) is 45.5 Å². The highest BCUT2D eigenvalue weighted by atomic mass is 35.5. The fourth-order valence-corrected chi connectivity index (χ4v) is 3.94. The maximum Gasteiger partial charge on any atom is 0.159 e. The van der Waals surface area contributed by atoms with Gasteiger partial charge in [-0.05, 0) is 43.3 Å². The van der Waals surface area contributed by atoms with Crippen LogP contribution in [0.5, 0.6) is 5.75 Å². The first-order chi connectivity index (χ1) is 15.7. The monoisotopic (exact) mass is 438 g/mol. The Balaban J connectivity index is 1.54. The molecule has 4 aromatic rings. The van der Waals surface area contributed by atoms with Crippen LogP contribution in [0.1, 0.15) is 28.3 Å². The summed E-state index contributed by atoms with van der Waals surface area (Å²) < 4.78 is 7.72. The van der Waals surface area contributed by atoms with Gasteiger partial charge >= 0.3 is 0 Å². The van der Waals surface area contributed by atoms with Gasteiger partial charge in [-0.2, -0.15) is 0 Å². The van der Waals surface area contributed by atoms with Gasteiger partial charge in [0.05, 0.1) is 11.4 Å². The third kappa shape index (κ3) is 3.89. The Morgan fingerprint density at radius 2 is 1.78 bits per heavy atom. The predicted octanol–water partition coefficient (Wildman–Crippen LogP) is 5.01. The van der Waals surface area contributed by atoms with Crippen LogP contribution in [0.25, 0.3) is 5.69 Å². The minimum atomic E-state index is 0.307. The van der Waals surface area contributed by atoms with Crippen LogP contribution in [-0.4, -0.2) is 27.1 Å². The normalized spacial score (nSPS) is 12.0. The highest BCUT2D eigenvalue weighted by Crippen LogP contribution is 2.29. The van der Waals surface area contributed by atoms with Crippen molar-refractivity contribution in [2.45, 2.75) is 13.5 Å². The molecule has 0 atom stereocenters. The maximum atomic E-state index is 6.53. The topological polar surface area (TPSA) is 52.3 Å². The smallest absolute Gasteiger partial charge is 0.159 e. The average Bonchev–Trinajstić information content (AvgIpc) is 3.10. The van der Waals surface area contributed by atoms with E-state index in [1.54, 1.807) is 0 Å². The second-order valence-corrected chi connectivity index (χ2v) is 7.69. The predicted molar refractivity (Wildman–Crippen MR) is 126 cm³/mol. The summed E-state index contributed by atoms with van der Waals surface area (Å²) in [5, 5.41) is 9.20. The molecule has 0 saturated carbocycles. The Hall–Kier alpha value is -3.88. The van der Waals surface area contributed by atoms with Crippen LogP contribution in [0.3, 0.4) is 0 Å². The van der Waals surface area contributed by atoms with Crippen LogP contribution >= 0.6 is 11.6 Å². The molecule has 0 spiro atoms. The summed E-state index contributed by atoms with van der Waals surface area (Å²) in [5.41, 5.74) is 4.47. The minimum Gasteiger partial charge on any atom is -0.481 e. The van der Waals surface area contributed by atoms with E-state index in [4.69, 9.17) is 21.3 Å². The van der Waals surface area contributed by atoms with E-state index in [-0.39, 0.29) is 0 Å². The van der Waals surface area contributed by atoms with Crippen LogP contribution in [0, 0.1) is 18.8 Å². The van der Waals surface area contributed by atoms with Gasteiger partial charge in [0.2, 0.25) is 0 Å². The summed E-state index contributed by atoms with van der Waals surface area (Å²) in [6, 6.07) is 23.5. The van der Waals surface area contributed by atoms with Crippen LogP contribution in [0.15, 0.2) is 77.8 Å². The third-order valence-corrected chi connectivity index (χ3v) is 5.51. The number of para-hydroxylation sites is 1. The lowest BCUT2D eigenvalue weighted by atomic mass is 9.98. The molecular formula is C26H19ClN4O. The molecular weight excluding hydrogens is 420 g/mol. The molecule has 5 nitrogen and oxygen atoms in total. The molecule has 0 radical (unpaired) electrons. The van der Waals surface area contributed by atoms with Gasteiger partial charge in [0.25, 0.3) is 0 Å². The molecule has 0 aliphatic carbocycles. The Morgan fingerprint density at radius 3 is 2.62 bits per heavy atom. The van der Waals surface area contributed by atoms with Gasteiger partial charge in [0, 0.05) is 21.7 Å². The van der Waals surface area contributed by atoms with E-state index in [0.29, 0.717) is 18.2 Å². The van der Waals surface area contributed by atoms with Gasteiger partial charge in [-0.15, -0.1) is 10.2 Å². The Kier molecular flexibility index (Phi) is 5.45. The van der Waals surface area contributed by atoms with Gasteiger partial charge < -0.3 is 4.74 Å². The molecule has 2 heterocycles. The van der Waals surface area contributed by atoms with E-state index in [2.05, 4.69) is 22.0 Å². The lowest BCUT2D eigenvalue weighted by Crippen LogP contribution is -2.09. The van der Waals surface area contributed by atoms with Crippen molar-refractivity contribution >= 4 is 17.3 Å². The van der Waals surface area contributed by atoms with Crippen molar-refractivity contribution in [1.82, 2.24) is 14.8 Å². The number of hydrogen-bond acceptors (Lipinski definition) is 4. The molecule has 5 rings (SSSR count). The van der Waals surface area contributed by atoms with Crippen LogP contribution in [0.2, 0.25) is 5.02 Å². The van der Waals surface area contributed by atoms with Crippen molar-refractivity contribution in [3.05, 3.63) is 106 Å². The number of nitrogens with zero attached hydrogens (tertiary/aromatic N) is 4. The summed E-state index contributed by atoms with van der Waals surface area (Å²) in [5.74, 6) is 8.70. The maximum absolute atomic E-state index is 6.53. The number of hydrogen-bond donors (Lipinski definition) is 0. The van der Waals surface area contributed by atoms with E-state index >= 15 is 0 Å². The van der Waals surface area contributed by atoms with E-state index in [1.165, 1.54) is 0 Å². The summed E-state index contributed by atoms with van der Waals surface area (Å²) in [6.07, 6.45) is 0. The van der Waals surface area contributed by atoms with Gasteiger partial charge in [0.1, 0.15) is 24.7 Å². The highest BCUT2D eigenvalue weighted by Gasteiger charge is 2.22. The summed E-state index contributed by atoms with van der Waals surface area (Å²) in [6.45, 7) is 2.67. The van der Waals surface area contributed by atoms with Crippen molar-refractivity contribution in [1.29, 1.82) is 0 Å². The van der Waals surface area contributed by atoms with E-state index < -0.39 is 0 Å². The highest BCUT2D eigenvalue weighted by molar-refractivity contribution is 6.35. The molecule has 0 bridgehead atoms. The van der Waals surface area contributed by atoms with Crippen LogP contribution in [-0.2, 0) is 6.54 Å². The Labute approximate surface area is 191 Å². The van der Waals surface area contributed by atoms with Crippen LogP contribution in [0.4, 0.5) is 0 Å². The summed E-state index contributed by atoms with van der Waals surface area (Å²) >= 11 is 6.53. The van der Waals surface area contributed by atoms with Crippen molar-refractivity contribution in [3.8, 4) is 23.3 Å². The second kappa shape index (κ2) is 8.70. The fraction of sp³-hybridized carbons (Fsp3) is 0.115. The molecule has 3 aromatic carbocycles. The molecule has 1 aliphatic heterocycles. The standard InChI is InChI=1S/C26H19ClN4O/c1-18-29-30-25-17-28-26(21-11-5-6-12-23(21)27)22-16-19(13-14-24(22)31(18)25)8-7-15-32-20-9-3-2-4-10-20/h2-6,9-14,16H,15,17H2,1H3. The molecule has 156 valence electrons. The van der Waals surface area contributed by atoms with Crippen molar-refractivity contribution < 1.29 is 4.74 Å². The first-order valence-corrected chi connectivity index (χ1v) is 10.6. The Morgan fingerprint density at radius 1 is 0.969 bits per heavy atom. The number of ether oxygens (including phenoxy) is 1. The quantitative estimate of drug-likeness (QED) is 0.422. The SMILES string of the molecule is Cc1nnc2n1-c1ccc(C#CCOc3ccccc3)cc1C(c1ccccc1Cl)=NC2. The lowest BCUT2D eigenvalue weighted by Gasteiger charge is -2.14. The lowest BCUT2D eigenvalue weighted by molar-refractivity contribution is 0.370. The molecule has 32 heavy (non-hydrogen) atoms. The second-order valence-electron chi connectivity index (χ2n) is 7.28. The molecule has 0 fully saturated rings. The van der Waals surface area contributed by atoms with Crippen molar-refractivity contribution in [3.63, 3.8) is 0 Å². The zero-order chi connectivity index (χ0) is 21.9. The Bertz CT molecular complexity index is 1380. The average molecular weight is 439 g/mol. The molecule has 0 N–H and O–H groups in total. The van der Waals surface area contributed by atoms with Gasteiger partial charge in [0.15, 0.2) is 5.82 Å². The number of aromatic nitrogens is 3. The summed E-state index contributed by atoms with van der Waals surface area (Å²) in [7, 11) is 0. The zero-order valence-electron chi connectivity index (χ0n) is 17.4. The molecule has 0 amide bonds. The number of fused-ring (bicyclic) bond motifs is 3. The molecule has 0 saturated heterocycles. The van der Waals surface area contributed by atoms with Gasteiger partial charge in [-0.3, -0.25) is 9.56 Å². The number of halogens is 1. The zero-order valence-corrected chi connectivity index (χ0v) is 18.2. The minimum absolute atomic E-state index is 0.307. The fourth-order valence-electron chi connectivity index (χ4n) is 3.71. The summed E-state index contributed by atoms with van der Waals surface area (Å²) in [4.78, 5) is 4.86. The van der Waals surface area contributed by atoms with E-state index in [1.807, 2.05) is 84.3 Å². The number of aryl methyl sites for hydroxylation is 1. The molecule has 6 heteroatoms. The first-order valence-electron chi connectivity index (χ1n) is 10.2. The number of rotatable bonds is 3. The van der Waals surface area contributed by atoms with Gasteiger partial charge in [-0.1, -0.05) is 59.8 Å². The number of aliphatic imine (C=N–C) groups is 1. The molecule has 1 aromatic heterocycles. The van der Waals surface area contributed by atoms with Crippen molar-refractivity contribution in [2.75, 3.05) is 6.61 Å². The third-order valence-electron chi connectivity index (χ3n) is 5.18. The van der Waals surface area contributed by atoms with E-state index in [9.17, 15) is 0 Å². The largest absolute Gasteiger partial charge is 0.481 e. The van der Waals surface area contributed by atoms with Crippen LogP contribution < -0.4 is 4.74 Å².